The van der Waals surface area contributed by atoms with E-state index in [1.807, 2.05) is 30.6 Å². The number of hydrogen-bond acceptors (Lipinski definition) is 3. The van der Waals surface area contributed by atoms with Crippen LogP contribution in [0.25, 0.3) is 10.8 Å². The summed E-state index contributed by atoms with van der Waals surface area (Å²) in [6, 6.07) is 11.6. The smallest absolute Gasteiger partial charge is 0.353 e. The maximum Gasteiger partial charge on any atom is 0.353 e. The summed E-state index contributed by atoms with van der Waals surface area (Å²) in [5.41, 5.74) is 0.116. The SMILES string of the molecule is O=C(O)c1ccn[nH]1.c1ccc2cnccc2c1. The fourth-order valence-electron chi connectivity index (χ4n) is 1.40. The third-order valence-electron chi connectivity index (χ3n) is 2.28. The number of hydrogen-bond donors (Lipinski definition) is 2. The number of nitrogens with one attached hydrogen (secondary N) is 1. The first kappa shape index (κ1) is 11.8. The highest BCUT2D eigenvalue weighted by molar-refractivity contribution is 5.84. The van der Waals surface area contributed by atoms with Crippen molar-refractivity contribution in [2.75, 3.05) is 0 Å². The zero-order valence-electron chi connectivity index (χ0n) is 9.45. The van der Waals surface area contributed by atoms with Crippen LogP contribution >= 0.6 is 0 Å². The van der Waals surface area contributed by atoms with Gasteiger partial charge in [0, 0.05) is 18.6 Å². The van der Waals surface area contributed by atoms with Crippen LogP contribution in [0.3, 0.4) is 0 Å². The summed E-state index contributed by atoms with van der Waals surface area (Å²) in [6.07, 6.45) is 5.07. The summed E-state index contributed by atoms with van der Waals surface area (Å²) < 4.78 is 0. The van der Waals surface area contributed by atoms with Crippen molar-refractivity contribution in [3.05, 3.63) is 60.7 Å². The summed E-state index contributed by atoms with van der Waals surface area (Å²) in [4.78, 5) is 14.0. The average molecular weight is 241 g/mol. The zero-order chi connectivity index (χ0) is 12.8. The molecule has 2 aromatic heterocycles. The number of H-pyrrole nitrogens is 1. The molecule has 0 aliphatic rings. The van der Waals surface area contributed by atoms with Crippen LogP contribution < -0.4 is 0 Å². The fraction of sp³-hybridized carbons (Fsp3) is 0. The number of rotatable bonds is 1. The summed E-state index contributed by atoms with van der Waals surface area (Å²) in [7, 11) is 0. The first-order chi connectivity index (χ1) is 8.77. The van der Waals surface area contributed by atoms with Crippen molar-refractivity contribution in [1.82, 2.24) is 15.2 Å². The van der Waals surface area contributed by atoms with Crippen molar-refractivity contribution in [3.8, 4) is 0 Å². The molecule has 0 saturated carbocycles. The van der Waals surface area contributed by atoms with Crippen LogP contribution in [0.1, 0.15) is 10.5 Å². The van der Waals surface area contributed by atoms with Gasteiger partial charge in [0.25, 0.3) is 0 Å². The Morgan fingerprint density at radius 1 is 1.06 bits per heavy atom. The molecule has 0 bridgehead atoms. The van der Waals surface area contributed by atoms with Crippen molar-refractivity contribution in [2.24, 2.45) is 0 Å². The minimum atomic E-state index is -0.984. The molecule has 0 aliphatic heterocycles. The van der Waals surface area contributed by atoms with Gasteiger partial charge in [0.05, 0.1) is 0 Å². The van der Waals surface area contributed by atoms with Gasteiger partial charge in [-0.1, -0.05) is 24.3 Å². The highest BCUT2D eigenvalue weighted by Gasteiger charge is 1.99. The van der Waals surface area contributed by atoms with Gasteiger partial charge in [0.1, 0.15) is 5.69 Å². The Kier molecular flexibility index (Phi) is 3.66. The fourth-order valence-corrected chi connectivity index (χ4v) is 1.40. The number of carbonyl (C=O) groups is 1. The molecule has 0 saturated heterocycles. The quantitative estimate of drug-likeness (QED) is 0.685. The molecule has 90 valence electrons. The minimum absolute atomic E-state index is 0.116. The highest BCUT2D eigenvalue weighted by Crippen LogP contribution is 2.09. The van der Waals surface area contributed by atoms with E-state index in [-0.39, 0.29) is 5.69 Å². The lowest BCUT2D eigenvalue weighted by molar-refractivity contribution is 0.0690. The van der Waals surface area contributed by atoms with Crippen LogP contribution in [0.15, 0.2) is 55.0 Å². The highest BCUT2D eigenvalue weighted by atomic mass is 16.4. The molecule has 1 aromatic carbocycles. The van der Waals surface area contributed by atoms with Gasteiger partial charge in [0.2, 0.25) is 0 Å². The van der Waals surface area contributed by atoms with Crippen molar-refractivity contribution < 1.29 is 9.90 Å². The summed E-state index contributed by atoms with van der Waals surface area (Å²) in [6.45, 7) is 0. The van der Waals surface area contributed by atoms with E-state index < -0.39 is 5.97 Å². The van der Waals surface area contributed by atoms with Gasteiger partial charge in [-0.3, -0.25) is 10.1 Å². The summed E-state index contributed by atoms with van der Waals surface area (Å²) in [5.74, 6) is -0.984. The lowest BCUT2D eigenvalue weighted by Gasteiger charge is -1.91. The number of pyridine rings is 1. The Labute approximate surface area is 103 Å². The normalized spacial score (nSPS) is 9.56. The molecule has 5 nitrogen and oxygen atoms in total. The number of nitrogens with zero attached hydrogens (tertiary/aromatic N) is 2. The number of aromatic nitrogens is 3. The second kappa shape index (κ2) is 5.58. The van der Waals surface area contributed by atoms with Crippen LogP contribution in [0, 0.1) is 0 Å². The first-order valence-electron chi connectivity index (χ1n) is 5.29. The lowest BCUT2D eigenvalue weighted by atomic mass is 10.2. The Morgan fingerprint density at radius 3 is 2.39 bits per heavy atom. The van der Waals surface area contributed by atoms with Crippen molar-refractivity contribution in [2.45, 2.75) is 0 Å². The van der Waals surface area contributed by atoms with Gasteiger partial charge < -0.3 is 5.11 Å². The summed E-state index contributed by atoms with van der Waals surface area (Å²) in [5, 5.41) is 16.4. The van der Waals surface area contributed by atoms with Crippen LogP contribution in [0.4, 0.5) is 0 Å². The molecular formula is C13H11N3O2. The number of carboxylic acids is 1. The van der Waals surface area contributed by atoms with Crippen molar-refractivity contribution >= 4 is 16.7 Å². The third kappa shape index (κ3) is 2.91. The van der Waals surface area contributed by atoms with Gasteiger partial charge in [-0.2, -0.15) is 5.10 Å². The van der Waals surface area contributed by atoms with E-state index in [1.54, 1.807) is 0 Å². The Balaban J connectivity index is 0.000000138. The van der Waals surface area contributed by atoms with Gasteiger partial charge in [0.15, 0.2) is 0 Å². The van der Waals surface area contributed by atoms with Crippen molar-refractivity contribution in [3.63, 3.8) is 0 Å². The predicted molar refractivity (Wildman–Crippen MR) is 67.3 cm³/mol. The van der Waals surface area contributed by atoms with Gasteiger partial charge in [-0.25, -0.2) is 4.79 Å². The lowest BCUT2D eigenvalue weighted by Crippen LogP contribution is -1.95. The Morgan fingerprint density at radius 2 is 1.83 bits per heavy atom. The van der Waals surface area contributed by atoms with Crippen LogP contribution in [0.2, 0.25) is 0 Å². The number of benzene rings is 1. The molecule has 5 heteroatoms. The summed E-state index contributed by atoms with van der Waals surface area (Å²) >= 11 is 0. The minimum Gasteiger partial charge on any atom is -0.477 e. The number of fused-ring (bicyclic) bond motifs is 1. The van der Waals surface area contributed by atoms with Gasteiger partial charge >= 0.3 is 5.97 Å². The molecule has 0 radical (unpaired) electrons. The molecule has 0 amide bonds. The van der Waals surface area contributed by atoms with E-state index in [9.17, 15) is 4.79 Å². The van der Waals surface area contributed by atoms with E-state index in [4.69, 9.17) is 5.11 Å². The number of aromatic carboxylic acids is 1. The second-order valence-electron chi connectivity index (χ2n) is 3.50. The second-order valence-corrected chi connectivity index (χ2v) is 3.50. The predicted octanol–water partition coefficient (Wildman–Crippen LogP) is 2.34. The standard InChI is InChI=1S/C9H7N.C4H4N2O2/c1-2-4-9-7-10-6-5-8(9)3-1;7-4(8)3-1-2-5-6-3/h1-7H;1-2H,(H,5,6)(H,7,8). The molecular weight excluding hydrogens is 230 g/mol. The maximum atomic E-state index is 9.99. The molecule has 0 aliphatic carbocycles. The van der Waals surface area contributed by atoms with Crippen LogP contribution in [0.5, 0.6) is 0 Å². The average Bonchev–Trinajstić information content (AvgIpc) is 2.94. The first-order valence-corrected chi connectivity index (χ1v) is 5.29. The van der Waals surface area contributed by atoms with Gasteiger partial charge in [-0.05, 0) is 22.9 Å². The molecule has 0 unspecified atom stereocenters. The third-order valence-corrected chi connectivity index (χ3v) is 2.28. The zero-order valence-corrected chi connectivity index (χ0v) is 9.45. The molecule has 2 N–H and O–H groups in total. The number of carboxylic acid groups (broad SMARTS) is 1. The molecule has 18 heavy (non-hydrogen) atoms. The van der Waals surface area contributed by atoms with E-state index in [1.165, 1.54) is 23.0 Å². The van der Waals surface area contributed by atoms with E-state index in [0.717, 1.165) is 0 Å². The largest absolute Gasteiger partial charge is 0.477 e. The van der Waals surface area contributed by atoms with Crippen molar-refractivity contribution in [1.29, 1.82) is 0 Å². The monoisotopic (exact) mass is 241 g/mol. The van der Waals surface area contributed by atoms with E-state index >= 15 is 0 Å². The van der Waals surface area contributed by atoms with Gasteiger partial charge in [-0.15, -0.1) is 0 Å². The van der Waals surface area contributed by atoms with E-state index in [2.05, 4.69) is 27.3 Å². The molecule has 2 heterocycles. The Hall–Kier alpha value is -2.69. The molecule has 0 spiro atoms. The molecule has 3 rings (SSSR count). The Bertz CT molecular complexity index is 570. The maximum absolute atomic E-state index is 9.99. The molecule has 3 aromatic rings. The van der Waals surface area contributed by atoms with E-state index in [0.29, 0.717) is 0 Å². The van der Waals surface area contributed by atoms with Crippen LogP contribution in [-0.4, -0.2) is 26.3 Å². The molecule has 0 fully saturated rings. The number of aromatic amines is 1. The topological polar surface area (TPSA) is 78.9 Å². The van der Waals surface area contributed by atoms with Crippen LogP contribution in [-0.2, 0) is 0 Å². The molecule has 0 atom stereocenters.